The Bertz CT molecular complexity index is 1170. The van der Waals surface area contributed by atoms with Gasteiger partial charge >= 0.3 is 29.8 Å². The maximum atomic E-state index is 12.0. The van der Waals surface area contributed by atoms with Crippen molar-refractivity contribution in [3.8, 4) is 0 Å². The van der Waals surface area contributed by atoms with Crippen LogP contribution >= 0.6 is 0 Å². The molecule has 0 spiro atoms. The van der Waals surface area contributed by atoms with Crippen molar-refractivity contribution in [2.24, 2.45) is 5.73 Å². The molecule has 12 heteroatoms. The fourth-order valence-corrected chi connectivity index (χ4v) is 2.83. The van der Waals surface area contributed by atoms with Gasteiger partial charge in [0.1, 0.15) is 6.04 Å². The molecule has 0 aliphatic rings. The van der Waals surface area contributed by atoms with Crippen LogP contribution in [0.2, 0.25) is 0 Å². The number of hydrogen-bond donors (Lipinski definition) is 4. The lowest BCUT2D eigenvalue weighted by molar-refractivity contribution is -0.166. The molecule has 0 saturated heterocycles. The molecular formula is C26H24N2O10. The minimum absolute atomic E-state index is 0.0253. The highest BCUT2D eigenvalue weighted by molar-refractivity contribution is 5.95. The van der Waals surface area contributed by atoms with E-state index in [-0.39, 0.29) is 17.5 Å². The van der Waals surface area contributed by atoms with Crippen LogP contribution in [0.5, 0.6) is 0 Å². The minimum atomic E-state index is -2.21. The lowest BCUT2D eigenvalue weighted by Crippen LogP contribution is -2.45. The molecule has 3 rings (SSSR count). The van der Waals surface area contributed by atoms with Crippen molar-refractivity contribution in [2.75, 3.05) is 0 Å². The van der Waals surface area contributed by atoms with Crippen molar-refractivity contribution in [1.82, 2.24) is 4.98 Å². The molecule has 38 heavy (non-hydrogen) atoms. The molecule has 0 radical (unpaired) electrons. The van der Waals surface area contributed by atoms with Crippen LogP contribution in [0, 0.1) is 0 Å². The Kier molecular flexibility index (Phi) is 11.1. The van der Waals surface area contributed by atoms with Gasteiger partial charge in [-0.2, -0.15) is 0 Å². The number of pyridine rings is 1. The second-order valence-corrected chi connectivity index (χ2v) is 7.53. The number of aromatic nitrogens is 1. The normalized spacial score (nSPS) is 12.4. The van der Waals surface area contributed by atoms with Gasteiger partial charge in [-0.25, -0.2) is 19.2 Å². The van der Waals surface area contributed by atoms with Crippen LogP contribution < -0.4 is 5.73 Å². The number of aliphatic carboxylic acids is 3. The van der Waals surface area contributed by atoms with Gasteiger partial charge in [0.25, 0.3) is 0 Å². The summed E-state index contributed by atoms with van der Waals surface area (Å²) in [4.78, 5) is 61.2. The highest BCUT2D eigenvalue weighted by Gasteiger charge is 2.41. The largest absolute Gasteiger partial charge is 0.480 e. The molecule has 0 saturated carbocycles. The van der Waals surface area contributed by atoms with E-state index in [9.17, 15) is 34.2 Å². The van der Waals surface area contributed by atoms with Crippen LogP contribution in [0.1, 0.15) is 26.4 Å². The van der Waals surface area contributed by atoms with Crippen LogP contribution in [0.25, 0.3) is 0 Å². The second kappa shape index (κ2) is 14.5. The van der Waals surface area contributed by atoms with Gasteiger partial charge in [0.05, 0.1) is 11.1 Å². The van der Waals surface area contributed by atoms with Crippen molar-refractivity contribution >= 4 is 29.8 Å². The van der Waals surface area contributed by atoms with E-state index in [1.165, 1.54) is 48.5 Å². The number of carbonyl (C=O) groups is 5. The van der Waals surface area contributed by atoms with Crippen molar-refractivity contribution in [3.63, 3.8) is 0 Å². The lowest BCUT2D eigenvalue weighted by atomic mass is 10.1. The maximum Gasteiger partial charge on any atom is 0.349 e. The molecule has 3 aromatic rings. The highest BCUT2D eigenvalue weighted by Crippen LogP contribution is 2.13. The predicted octanol–water partition coefficient (Wildman–Crippen LogP) is 1.64. The molecule has 0 bridgehead atoms. The van der Waals surface area contributed by atoms with Crippen molar-refractivity contribution in [2.45, 2.75) is 24.7 Å². The van der Waals surface area contributed by atoms with Crippen LogP contribution in [0.15, 0.2) is 85.1 Å². The molecule has 0 aliphatic carbocycles. The third-order valence-electron chi connectivity index (χ3n) is 4.72. The summed E-state index contributed by atoms with van der Waals surface area (Å²) in [5.74, 6) is -6.63. The molecule has 3 atom stereocenters. The molecule has 0 aliphatic heterocycles. The van der Waals surface area contributed by atoms with Crippen molar-refractivity contribution in [3.05, 3.63) is 102 Å². The number of hydrogen-bond acceptors (Lipinski definition) is 9. The molecule has 1 heterocycles. The number of carbonyl (C=O) groups excluding carboxylic acids is 2. The number of esters is 2. The Morgan fingerprint density at radius 1 is 0.658 bits per heavy atom. The van der Waals surface area contributed by atoms with Gasteiger partial charge in [0.2, 0.25) is 12.2 Å². The molecule has 0 amide bonds. The van der Waals surface area contributed by atoms with E-state index in [4.69, 9.17) is 20.3 Å². The molecule has 2 aromatic carbocycles. The predicted molar refractivity (Wildman–Crippen MR) is 130 cm³/mol. The van der Waals surface area contributed by atoms with Gasteiger partial charge in [0, 0.05) is 18.3 Å². The van der Waals surface area contributed by atoms with Gasteiger partial charge < -0.3 is 30.5 Å². The maximum absolute atomic E-state index is 12.0. The quantitative estimate of drug-likeness (QED) is 0.280. The molecule has 1 aromatic heterocycles. The van der Waals surface area contributed by atoms with E-state index in [0.717, 1.165) is 0 Å². The Balaban J connectivity index is 0.000000352. The smallest absolute Gasteiger partial charge is 0.349 e. The van der Waals surface area contributed by atoms with Crippen LogP contribution in [-0.2, 0) is 30.3 Å². The Morgan fingerprint density at radius 3 is 1.42 bits per heavy atom. The molecular weight excluding hydrogens is 500 g/mol. The fourth-order valence-electron chi connectivity index (χ4n) is 2.83. The first-order valence-electron chi connectivity index (χ1n) is 11.0. The third kappa shape index (κ3) is 9.17. The number of ether oxygens (including phenoxy) is 2. The summed E-state index contributed by atoms with van der Waals surface area (Å²) in [6, 6.07) is 19.3. The SMILES string of the molecule is N[C@@H](Cc1ccccn1)C(=O)O.O=C(OC(C(=O)O)C(OC(=O)c1ccccc1)C(=O)O)c1ccccc1. The van der Waals surface area contributed by atoms with E-state index in [2.05, 4.69) is 4.98 Å². The molecule has 198 valence electrons. The lowest BCUT2D eigenvalue weighted by Gasteiger charge is -2.21. The summed E-state index contributed by atoms with van der Waals surface area (Å²) in [5.41, 5.74) is 6.06. The van der Waals surface area contributed by atoms with E-state index in [0.29, 0.717) is 5.69 Å². The monoisotopic (exact) mass is 524 g/mol. The molecule has 2 unspecified atom stereocenters. The highest BCUT2D eigenvalue weighted by atomic mass is 16.6. The van der Waals surface area contributed by atoms with Crippen molar-refractivity contribution < 1.29 is 48.8 Å². The van der Waals surface area contributed by atoms with Gasteiger partial charge in [-0.15, -0.1) is 0 Å². The zero-order chi connectivity index (χ0) is 28.1. The van der Waals surface area contributed by atoms with E-state index in [1.807, 2.05) is 0 Å². The average molecular weight is 524 g/mol. The summed E-state index contributed by atoms with van der Waals surface area (Å²) in [5, 5.41) is 27.0. The van der Waals surface area contributed by atoms with Gasteiger partial charge in [0.15, 0.2) is 0 Å². The molecule has 12 nitrogen and oxygen atoms in total. The van der Waals surface area contributed by atoms with Crippen molar-refractivity contribution in [1.29, 1.82) is 0 Å². The topological polar surface area (TPSA) is 203 Å². The van der Waals surface area contributed by atoms with E-state index in [1.54, 1.807) is 36.5 Å². The van der Waals surface area contributed by atoms with E-state index >= 15 is 0 Å². The number of benzene rings is 2. The summed E-state index contributed by atoms with van der Waals surface area (Å²) in [7, 11) is 0. The van der Waals surface area contributed by atoms with Crippen LogP contribution in [0.3, 0.4) is 0 Å². The summed E-state index contributed by atoms with van der Waals surface area (Å²) in [6.45, 7) is 0. The number of nitrogens with two attached hydrogens (primary N) is 1. The standard InChI is InChI=1S/C18H14O8.C8H10N2O2/c19-15(20)13(25-17(23)11-7-3-1-4-8-11)14(16(21)22)26-18(24)12-9-5-2-6-10-12;9-7(8(11)12)5-6-3-1-2-4-10-6/h1-10,13-14H,(H,19,20)(H,21,22);1-4,7H,5,9H2,(H,11,12)/t;7-/m.0/s1. The first kappa shape index (κ1) is 29.1. The third-order valence-corrected chi connectivity index (χ3v) is 4.72. The second-order valence-electron chi connectivity index (χ2n) is 7.53. The number of carboxylic acids is 3. The Hall–Kier alpha value is -5.10. The fraction of sp³-hybridized carbons (Fsp3) is 0.154. The first-order valence-corrected chi connectivity index (χ1v) is 11.0. The number of rotatable bonds is 10. The Morgan fingerprint density at radius 2 is 1.08 bits per heavy atom. The summed E-state index contributed by atoms with van der Waals surface area (Å²) in [6.07, 6.45) is -2.54. The van der Waals surface area contributed by atoms with Gasteiger partial charge in [-0.05, 0) is 36.4 Å². The summed E-state index contributed by atoms with van der Waals surface area (Å²) < 4.78 is 9.52. The minimum Gasteiger partial charge on any atom is -0.480 e. The Labute approximate surface area is 216 Å². The molecule has 5 N–H and O–H groups in total. The van der Waals surface area contributed by atoms with E-state index < -0.39 is 48.1 Å². The first-order chi connectivity index (χ1) is 18.1. The number of carboxylic acid groups (broad SMARTS) is 3. The van der Waals surface area contributed by atoms with Crippen LogP contribution in [-0.4, -0.2) is 68.4 Å². The zero-order valence-corrected chi connectivity index (χ0v) is 19.7. The summed E-state index contributed by atoms with van der Waals surface area (Å²) >= 11 is 0. The van der Waals surface area contributed by atoms with Crippen LogP contribution in [0.4, 0.5) is 0 Å². The van der Waals surface area contributed by atoms with Gasteiger partial charge in [-0.3, -0.25) is 9.78 Å². The zero-order valence-electron chi connectivity index (χ0n) is 19.7. The molecule has 0 fully saturated rings. The van der Waals surface area contributed by atoms with Gasteiger partial charge in [-0.1, -0.05) is 42.5 Å². The average Bonchev–Trinajstić information content (AvgIpc) is 2.92. The number of nitrogens with zero attached hydrogens (tertiary/aromatic N) is 1.